The second kappa shape index (κ2) is 7.26. The number of hydrogen-bond acceptors (Lipinski definition) is 5. The number of hydrogen-bond donors (Lipinski definition) is 3. The van der Waals surface area contributed by atoms with Crippen LogP contribution in [0.15, 0.2) is 21.6 Å². The first-order valence-electron chi connectivity index (χ1n) is 7.52. The number of nitrogens with one attached hydrogen (secondary N) is 2. The van der Waals surface area contributed by atoms with Gasteiger partial charge in [-0.15, -0.1) is 0 Å². The molecule has 8 heteroatoms. The van der Waals surface area contributed by atoms with Crippen LogP contribution in [0.2, 0.25) is 0 Å². The number of nitrogens with two attached hydrogens (primary N) is 1. The van der Waals surface area contributed by atoms with Crippen molar-refractivity contribution in [3.8, 4) is 0 Å². The molecule has 1 amide bonds. The normalized spacial score (nSPS) is 18.1. The molecule has 0 aliphatic heterocycles. The van der Waals surface area contributed by atoms with Gasteiger partial charge in [0, 0.05) is 12.6 Å². The fraction of sp³-hybridized carbons (Fsp3) is 0.643. The maximum atomic E-state index is 12.2. The lowest BCUT2D eigenvalue weighted by Gasteiger charge is -2.29. The average molecular weight is 329 g/mol. The van der Waals surface area contributed by atoms with Gasteiger partial charge in [0.2, 0.25) is 5.09 Å². The van der Waals surface area contributed by atoms with Crippen LogP contribution < -0.4 is 15.8 Å². The van der Waals surface area contributed by atoms with E-state index in [1.807, 2.05) is 0 Å². The summed E-state index contributed by atoms with van der Waals surface area (Å²) in [5.41, 5.74) is 5.77. The van der Waals surface area contributed by atoms with Crippen LogP contribution in [0.25, 0.3) is 0 Å². The van der Waals surface area contributed by atoms with E-state index in [0.29, 0.717) is 12.5 Å². The van der Waals surface area contributed by atoms with Gasteiger partial charge in [-0.1, -0.05) is 19.3 Å². The van der Waals surface area contributed by atoms with Gasteiger partial charge in [-0.2, -0.15) is 0 Å². The Balaban J connectivity index is 2.04. The van der Waals surface area contributed by atoms with Gasteiger partial charge in [0.15, 0.2) is 5.76 Å². The van der Waals surface area contributed by atoms with Crippen molar-refractivity contribution in [1.29, 1.82) is 0 Å². The Morgan fingerprint density at radius 3 is 2.64 bits per heavy atom. The van der Waals surface area contributed by atoms with Gasteiger partial charge in [0.05, 0.1) is 0 Å². The number of carbonyl (C=O) groups excluding carboxylic acids is 1. The third-order valence-corrected chi connectivity index (χ3v) is 5.41. The standard InChI is InChI=1S/C14H23N3O4S/c1-16-22(19,20)13-8-7-12(21-13)14(18)17-11(9-15)10-5-3-2-4-6-10/h7-8,10-11,16H,2-6,9,15H2,1H3,(H,17,18). The van der Waals surface area contributed by atoms with E-state index in [0.717, 1.165) is 25.7 Å². The van der Waals surface area contributed by atoms with Crippen molar-refractivity contribution in [2.24, 2.45) is 11.7 Å². The molecule has 0 spiro atoms. The van der Waals surface area contributed by atoms with Crippen LogP contribution in [0.1, 0.15) is 42.7 Å². The van der Waals surface area contributed by atoms with Crippen LogP contribution in [-0.2, 0) is 10.0 Å². The molecular formula is C14H23N3O4S. The third-order valence-electron chi connectivity index (χ3n) is 4.13. The molecule has 1 atom stereocenters. The van der Waals surface area contributed by atoms with Crippen molar-refractivity contribution < 1.29 is 17.6 Å². The lowest BCUT2D eigenvalue weighted by Crippen LogP contribution is -2.45. The van der Waals surface area contributed by atoms with E-state index in [1.54, 1.807) is 0 Å². The van der Waals surface area contributed by atoms with Crippen LogP contribution in [0.5, 0.6) is 0 Å². The molecule has 124 valence electrons. The Kier molecular flexibility index (Phi) is 5.60. The zero-order valence-corrected chi connectivity index (χ0v) is 13.5. The Morgan fingerprint density at radius 2 is 2.05 bits per heavy atom. The average Bonchev–Trinajstić information content (AvgIpc) is 3.04. The molecule has 0 aromatic carbocycles. The molecule has 0 saturated heterocycles. The summed E-state index contributed by atoms with van der Waals surface area (Å²) in [6, 6.07) is 2.51. The summed E-state index contributed by atoms with van der Waals surface area (Å²) in [5.74, 6) is -0.0835. The quantitative estimate of drug-likeness (QED) is 0.715. The van der Waals surface area contributed by atoms with Crippen molar-refractivity contribution in [3.05, 3.63) is 17.9 Å². The zero-order valence-electron chi connectivity index (χ0n) is 12.7. The maximum Gasteiger partial charge on any atom is 0.287 e. The molecule has 1 aromatic heterocycles. The first kappa shape index (κ1) is 17.0. The van der Waals surface area contributed by atoms with E-state index in [9.17, 15) is 13.2 Å². The molecule has 2 rings (SSSR count). The molecule has 7 nitrogen and oxygen atoms in total. The fourth-order valence-corrected chi connectivity index (χ4v) is 3.48. The van der Waals surface area contributed by atoms with Crippen LogP contribution in [0.4, 0.5) is 0 Å². The minimum absolute atomic E-state index is 0.0249. The SMILES string of the molecule is CNS(=O)(=O)c1ccc(C(=O)NC(CN)C2CCCCC2)o1. The molecule has 22 heavy (non-hydrogen) atoms. The Labute approximate surface area is 130 Å². The minimum Gasteiger partial charge on any atom is -0.438 e. The second-order valence-corrected chi connectivity index (χ2v) is 7.36. The zero-order chi connectivity index (χ0) is 16.2. The van der Waals surface area contributed by atoms with E-state index < -0.39 is 15.9 Å². The van der Waals surface area contributed by atoms with Crippen molar-refractivity contribution in [3.63, 3.8) is 0 Å². The molecule has 1 aliphatic carbocycles. The van der Waals surface area contributed by atoms with Crippen molar-refractivity contribution >= 4 is 15.9 Å². The Bertz CT molecular complexity index is 605. The lowest BCUT2D eigenvalue weighted by molar-refractivity contribution is 0.0882. The first-order valence-corrected chi connectivity index (χ1v) is 9.00. The predicted molar refractivity (Wildman–Crippen MR) is 81.8 cm³/mol. The van der Waals surface area contributed by atoms with Gasteiger partial charge >= 0.3 is 0 Å². The summed E-state index contributed by atoms with van der Waals surface area (Å²) < 4.78 is 30.5. The van der Waals surface area contributed by atoms with Gasteiger partial charge < -0.3 is 15.5 Å². The van der Waals surface area contributed by atoms with Crippen molar-refractivity contribution in [2.75, 3.05) is 13.6 Å². The monoisotopic (exact) mass is 329 g/mol. The van der Waals surface area contributed by atoms with E-state index in [1.165, 1.54) is 25.6 Å². The number of carbonyl (C=O) groups is 1. The predicted octanol–water partition coefficient (Wildman–Crippen LogP) is 0.825. The number of furan rings is 1. The van der Waals surface area contributed by atoms with Gasteiger partial charge in [0.1, 0.15) is 0 Å². The molecule has 1 aliphatic rings. The summed E-state index contributed by atoms with van der Waals surface area (Å²) in [6.45, 7) is 0.360. The lowest BCUT2D eigenvalue weighted by atomic mass is 9.84. The minimum atomic E-state index is -3.69. The summed E-state index contributed by atoms with van der Waals surface area (Å²) in [6.07, 6.45) is 5.65. The molecular weight excluding hydrogens is 306 g/mol. The molecule has 0 bridgehead atoms. The summed E-state index contributed by atoms with van der Waals surface area (Å²) >= 11 is 0. The number of sulfonamides is 1. The third kappa shape index (κ3) is 3.88. The molecule has 1 aromatic rings. The topological polar surface area (TPSA) is 114 Å². The highest BCUT2D eigenvalue weighted by Gasteiger charge is 2.26. The second-order valence-electron chi connectivity index (χ2n) is 5.54. The molecule has 0 radical (unpaired) electrons. The van der Waals surface area contributed by atoms with E-state index in [4.69, 9.17) is 10.2 Å². The van der Waals surface area contributed by atoms with Crippen LogP contribution in [-0.4, -0.2) is 34.0 Å². The van der Waals surface area contributed by atoms with Gasteiger partial charge in [-0.05, 0) is 37.9 Å². The van der Waals surface area contributed by atoms with Crippen LogP contribution >= 0.6 is 0 Å². The van der Waals surface area contributed by atoms with E-state index >= 15 is 0 Å². The maximum absolute atomic E-state index is 12.2. The molecule has 1 fully saturated rings. The fourth-order valence-electron chi connectivity index (χ4n) is 2.83. The molecule has 4 N–H and O–H groups in total. The molecule has 1 saturated carbocycles. The highest BCUT2D eigenvalue weighted by Crippen LogP contribution is 2.26. The Hall–Kier alpha value is -1.38. The van der Waals surface area contributed by atoms with E-state index in [-0.39, 0.29) is 16.9 Å². The van der Waals surface area contributed by atoms with Crippen molar-refractivity contribution in [2.45, 2.75) is 43.2 Å². The highest BCUT2D eigenvalue weighted by atomic mass is 32.2. The van der Waals surface area contributed by atoms with Gasteiger partial charge in [-0.3, -0.25) is 4.79 Å². The summed E-state index contributed by atoms with van der Waals surface area (Å²) in [4.78, 5) is 12.2. The molecule has 1 heterocycles. The van der Waals surface area contributed by atoms with E-state index in [2.05, 4.69) is 10.0 Å². The van der Waals surface area contributed by atoms with Gasteiger partial charge in [0.25, 0.3) is 15.9 Å². The number of amides is 1. The van der Waals surface area contributed by atoms with Crippen LogP contribution in [0, 0.1) is 5.92 Å². The Morgan fingerprint density at radius 1 is 1.36 bits per heavy atom. The van der Waals surface area contributed by atoms with Gasteiger partial charge in [-0.25, -0.2) is 13.1 Å². The number of rotatable bonds is 6. The summed E-state index contributed by atoms with van der Waals surface area (Å²) in [5, 5.41) is 2.59. The first-order chi connectivity index (χ1) is 10.5. The largest absolute Gasteiger partial charge is 0.438 e. The molecule has 1 unspecified atom stereocenters. The van der Waals surface area contributed by atoms with Crippen molar-refractivity contribution in [1.82, 2.24) is 10.0 Å². The smallest absolute Gasteiger partial charge is 0.287 e. The summed E-state index contributed by atoms with van der Waals surface area (Å²) in [7, 11) is -2.40. The highest BCUT2D eigenvalue weighted by molar-refractivity contribution is 7.89. The van der Waals surface area contributed by atoms with Crippen LogP contribution in [0.3, 0.4) is 0 Å².